The molecule has 2 amide bonds. The van der Waals surface area contributed by atoms with Crippen LogP contribution in [0.5, 0.6) is 0 Å². The fourth-order valence-electron chi connectivity index (χ4n) is 2.12. The molecule has 0 unspecified atom stereocenters. The number of carbonyl (C=O) groups is 2. The van der Waals surface area contributed by atoms with E-state index in [9.17, 15) is 9.59 Å². The van der Waals surface area contributed by atoms with Gasteiger partial charge in [-0.3, -0.25) is 15.0 Å². The van der Waals surface area contributed by atoms with Crippen LogP contribution in [0.4, 0.5) is 5.69 Å². The Morgan fingerprint density at radius 2 is 1.89 bits per heavy atom. The Kier molecular flexibility index (Phi) is 4.00. The highest BCUT2D eigenvalue weighted by Crippen LogP contribution is 2.23. The Morgan fingerprint density at radius 3 is 2.53 bits per heavy atom. The number of hydrogen-bond acceptors (Lipinski definition) is 2. The summed E-state index contributed by atoms with van der Waals surface area (Å²) in [7, 11) is 0. The number of benzene rings is 1. The van der Waals surface area contributed by atoms with Crippen LogP contribution in [0.3, 0.4) is 0 Å². The van der Waals surface area contributed by atoms with E-state index in [0.29, 0.717) is 5.69 Å². The zero-order chi connectivity index (χ0) is 13.8. The number of nitrogens with zero attached hydrogens (tertiary/aromatic N) is 1. The van der Waals surface area contributed by atoms with Gasteiger partial charge in [-0.05, 0) is 31.9 Å². The second-order valence-corrected chi connectivity index (χ2v) is 4.68. The quantitative estimate of drug-likeness (QED) is 0.666. The van der Waals surface area contributed by atoms with Crippen molar-refractivity contribution in [2.24, 2.45) is 0 Å². The van der Waals surface area contributed by atoms with Gasteiger partial charge in [-0.1, -0.05) is 37.1 Å². The lowest BCUT2D eigenvalue weighted by atomic mass is 10.0. The summed E-state index contributed by atoms with van der Waals surface area (Å²) in [5.41, 5.74) is 4.45. The SMILES string of the molecule is CCCC/C(C)=C1\C(=O)NN(c2ccccc2)C1=O. The fourth-order valence-corrected chi connectivity index (χ4v) is 2.12. The van der Waals surface area contributed by atoms with Crippen molar-refractivity contribution in [3.8, 4) is 0 Å². The molecule has 0 spiro atoms. The maximum absolute atomic E-state index is 12.3. The average molecular weight is 258 g/mol. The minimum Gasteiger partial charge on any atom is -0.267 e. The van der Waals surface area contributed by atoms with Gasteiger partial charge in [-0.2, -0.15) is 0 Å². The number of anilines is 1. The van der Waals surface area contributed by atoms with Gasteiger partial charge < -0.3 is 0 Å². The van der Waals surface area contributed by atoms with Crippen LogP contribution in [0.25, 0.3) is 0 Å². The first-order chi connectivity index (χ1) is 9.15. The van der Waals surface area contributed by atoms with Crippen molar-refractivity contribution in [3.05, 3.63) is 41.5 Å². The number of carbonyl (C=O) groups excluding carboxylic acids is 2. The largest absolute Gasteiger partial charge is 0.282 e. The molecular formula is C15H18N2O2. The Hall–Kier alpha value is -2.10. The number of hydrogen-bond donors (Lipinski definition) is 1. The summed E-state index contributed by atoms with van der Waals surface area (Å²) in [4.78, 5) is 24.2. The molecule has 2 rings (SSSR count). The van der Waals surface area contributed by atoms with E-state index in [-0.39, 0.29) is 17.4 Å². The van der Waals surface area contributed by atoms with Gasteiger partial charge in [0.25, 0.3) is 11.8 Å². The minimum atomic E-state index is -0.303. The van der Waals surface area contributed by atoms with Crippen molar-refractivity contribution < 1.29 is 9.59 Å². The van der Waals surface area contributed by atoms with Crippen LogP contribution in [-0.4, -0.2) is 11.8 Å². The number of para-hydroxylation sites is 1. The molecule has 1 aliphatic rings. The van der Waals surface area contributed by atoms with Crippen molar-refractivity contribution in [2.45, 2.75) is 33.1 Å². The molecule has 100 valence electrons. The van der Waals surface area contributed by atoms with Crippen molar-refractivity contribution in [2.75, 3.05) is 5.01 Å². The highest BCUT2D eigenvalue weighted by atomic mass is 16.2. The lowest BCUT2D eigenvalue weighted by molar-refractivity contribution is -0.117. The molecule has 4 heteroatoms. The van der Waals surface area contributed by atoms with Gasteiger partial charge in [-0.25, -0.2) is 5.01 Å². The number of allylic oxidation sites excluding steroid dienone is 1. The molecule has 4 nitrogen and oxygen atoms in total. The molecule has 1 aromatic carbocycles. The molecular weight excluding hydrogens is 240 g/mol. The van der Waals surface area contributed by atoms with E-state index in [1.807, 2.05) is 25.1 Å². The lowest BCUT2D eigenvalue weighted by Crippen LogP contribution is -2.35. The number of hydrazine groups is 1. The Bertz CT molecular complexity index is 520. The molecule has 0 saturated carbocycles. The van der Waals surface area contributed by atoms with E-state index < -0.39 is 0 Å². The summed E-state index contributed by atoms with van der Waals surface area (Å²) in [6.07, 6.45) is 2.82. The predicted molar refractivity (Wildman–Crippen MR) is 74.3 cm³/mol. The van der Waals surface area contributed by atoms with Gasteiger partial charge in [-0.15, -0.1) is 0 Å². The number of nitrogens with one attached hydrogen (secondary N) is 1. The van der Waals surface area contributed by atoms with Crippen LogP contribution < -0.4 is 10.4 Å². The van der Waals surface area contributed by atoms with E-state index in [4.69, 9.17) is 0 Å². The second kappa shape index (κ2) is 5.69. The van der Waals surface area contributed by atoms with E-state index in [1.165, 1.54) is 5.01 Å². The molecule has 19 heavy (non-hydrogen) atoms. The van der Waals surface area contributed by atoms with Gasteiger partial charge in [0.05, 0.1) is 5.69 Å². The first-order valence-electron chi connectivity index (χ1n) is 6.55. The fraction of sp³-hybridized carbons (Fsp3) is 0.333. The van der Waals surface area contributed by atoms with Crippen LogP contribution in [0, 0.1) is 0 Å². The third-order valence-electron chi connectivity index (χ3n) is 3.20. The molecule has 0 aliphatic carbocycles. The summed E-state index contributed by atoms with van der Waals surface area (Å²) >= 11 is 0. The van der Waals surface area contributed by atoms with Crippen LogP contribution in [-0.2, 0) is 9.59 Å². The average Bonchev–Trinajstić information content (AvgIpc) is 2.72. The van der Waals surface area contributed by atoms with Gasteiger partial charge in [0.1, 0.15) is 5.57 Å². The van der Waals surface area contributed by atoms with Gasteiger partial charge in [0, 0.05) is 0 Å². The van der Waals surface area contributed by atoms with Crippen LogP contribution >= 0.6 is 0 Å². The Morgan fingerprint density at radius 1 is 1.21 bits per heavy atom. The van der Waals surface area contributed by atoms with E-state index in [2.05, 4.69) is 12.3 Å². The van der Waals surface area contributed by atoms with E-state index >= 15 is 0 Å². The van der Waals surface area contributed by atoms with E-state index in [0.717, 1.165) is 24.8 Å². The maximum Gasteiger partial charge on any atom is 0.282 e. The topological polar surface area (TPSA) is 49.4 Å². The van der Waals surface area contributed by atoms with Crippen molar-refractivity contribution in [3.63, 3.8) is 0 Å². The smallest absolute Gasteiger partial charge is 0.267 e. The van der Waals surface area contributed by atoms with Crippen molar-refractivity contribution in [1.82, 2.24) is 5.43 Å². The van der Waals surface area contributed by atoms with Gasteiger partial charge in [0.2, 0.25) is 0 Å². The van der Waals surface area contributed by atoms with E-state index in [1.54, 1.807) is 12.1 Å². The van der Waals surface area contributed by atoms with Gasteiger partial charge in [0.15, 0.2) is 0 Å². The molecule has 1 fully saturated rings. The molecule has 0 atom stereocenters. The zero-order valence-electron chi connectivity index (χ0n) is 11.3. The Balaban J connectivity index is 2.26. The normalized spacial score (nSPS) is 17.7. The molecule has 1 saturated heterocycles. The standard InChI is InChI=1S/C15H18N2O2/c1-3-4-8-11(2)13-14(18)16-17(15(13)19)12-9-6-5-7-10-12/h5-7,9-10H,3-4,8H2,1-2H3,(H,16,18)/b13-11+. The molecule has 1 aliphatic heterocycles. The monoisotopic (exact) mass is 258 g/mol. The molecule has 0 aromatic heterocycles. The molecule has 1 heterocycles. The molecule has 1 aromatic rings. The summed E-state index contributed by atoms with van der Waals surface area (Å²) in [5.74, 6) is -0.563. The third kappa shape index (κ3) is 2.67. The summed E-state index contributed by atoms with van der Waals surface area (Å²) in [5, 5.41) is 1.31. The summed E-state index contributed by atoms with van der Waals surface area (Å²) in [6.45, 7) is 3.95. The van der Waals surface area contributed by atoms with Crippen molar-refractivity contribution >= 4 is 17.5 Å². The number of unbranched alkanes of at least 4 members (excludes halogenated alkanes) is 1. The maximum atomic E-state index is 12.3. The van der Waals surface area contributed by atoms with Crippen molar-refractivity contribution in [1.29, 1.82) is 0 Å². The second-order valence-electron chi connectivity index (χ2n) is 4.68. The summed E-state index contributed by atoms with van der Waals surface area (Å²) < 4.78 is 0. The number of rotatable bonds is 4. The zero-order valence-corrected chi connectivity index (χ0v) is 11.3. The van der Waals surface area contributed by atoms with Crippen LogP contribution in [0.15, 0.2) is 41.5 Å². The highest BCUT2D eigenvalue weighted by molar-refractivity contribution is 6.29. The van der Waals surface area contributed by atoms with Crippen LogP contribution in [0.2, 0.25) is 0 Å². The Labute approximate surface area is 113 Å². The molecule has 0 radical (unpaired) electrons. The molecule has 0 bridgehead atoms. The minimum absolute atomic E-state index is 0.259. The summed E-state index contributed by atoms with van der Waals surface area (Å²) in [6, 6.07) is 9.13. The number of amides is 2. The first-order valence-corrected chi connectivity index (χ1v) is 6.55. The van der Waals surface area contributed by atoms with Gasteiger partial charge >= 0.3 is 0 Å². The third-order valence-corrected chi connectivity index (χ3v) is 3.20. The van der Waals surface area contributed by atoms with Crippen LogP contribution in [0.1, 0.15) is 33.1 Å². The highest BCUT2D eigenvalue weighted by Gasteiger charge is 2.35. The predicted octanol–water partition coefficient (Wildman–Crippen LogP) is 2.57. The lowest BCUT2D eigenvalue weighted by Gasteiger charge is -2.14. The molecule has 1 N–H and O–H groups in total. The first kappa shape index (κ1) is 13.3.